The normalized spacial score (nSPS) is 31.1. The Hall–Kier alpha value is -1.06. The van der Waals surface area contributed by atoms with Gasteiger partial charge in [0.25, 0.3) is 0 Å². The molecular formula is C17H25NO2. The van der Waals surface area contributed by atoms with Crippen LogP contribution in [0.15, 0.2) is 18.2 Å². The van der Waals surface area contributed by atoms with Crippen LogP contribution >= 0.6 is 0 Å². The molecule has 0 radical (unpaired) electrons. The molecule has 0 spiro atoms. The zero-order chi connectivity index (χ0) is 14.4. The van der Waals surface area contributed by atoms with E-state index < -0.39 is 0 Å². The third kappa shape index (κ3) is 2.45. The Kier molecular flexibility index (Phi) is 3.30. The third-order valence-corrected chi connectivity index (χ3v) is 4.74. The first-order chi connectivity index (χ1) is 9.40. The molecule has 3 heteroatoms. The second-order valence-corrected chi connectivity index (χ2v) is 6.98. The molecule has 1 fully saturated rings. The second-order valence-electron chi connectivity index (χ2n) is 6.98. The summed E-state index contributed by atoms with van der Waals surface area (Å²) in [6, 6.07) is 6.48. The van der Waals surface area contributed by atoms with Gasteiger partial charge in [-0.05, 0) is 39.7 Å². The first-order valence-electron chi connectivity index (χ1n) is 7.56. The quantitative estimate of drug-likeness (QED) is 0.919. The number of ether oxygens (including phenoxy) is 2. The smallest absolute Gasteiger partial charge is 0.127 e. The summed E-state index contributed by atoms with van der Waals surface area (Å²) in [5.41, 5.74) is 2.58. The van der Waals surface area contributed by atoms with E-state index in [9.17, 15) is 0 Å². The van der Waals surface area contributed by atoms with Crippen LogP contribution in [0.1, 0.15) is 45.2 Å². The third-order valence-electron chi connectivity index (χ3n) is 4.74. The van der Waals surface area contributed by atoms with Gasteiger partial charge in [-0.15, -0.1) is 0 Å². The highest BCUT2D eigenvalue weighted by Gasteiger charge is 2.37. The molecular weight excluding hydrogens is 250 g/mol. The van der Waals surface area contributed by atoms with Crippen molar-refractivity contribution in [2.75, 3.05) is 6.61 Å². The molecule has 0 aromatic heterocycles. The molecule has 2 aliphatic rings. The predicted molar refractivity (Wildman–Crippen MR) is 80.1 cm³/mol. The van der Waals surface area contributed by atoms with Crippen LogP contribution in [0.2, 0.25) is 0 Å². The Bertz CT molecular complexity index is 512. The molecule has 110 valence electrons. The fraction of sp³-hybridized carbons (Fsp3) is 0.647. The van der Waals surface area contributed by atoms with E-state index in [0.717, 1.165) is 31.7 Å². The number of nitrogens with one attached hydrogen (secondary N) is 1. The largest absolute Gasteiger partial charge is 0.487 e. The lowest BCUT2D eigenvalue weighted by atomic mass is 9.94. The van der Waals surface area contributed by atoms with Gasteiger partial charge in [-0.25, -0.2) is 0 Å². The van der Waals surface area contributed by atoms with E-state index in [1.54, 1.807) is 0 Å². The average Bonchev–Trinajstić information content (AvgIpc) is 2.86. The van der Waals surface area contributed by atoms with Crippen LogP contribution in [0.5, 0.6) is 5.75 Å². The van der Waals surface area contributed by atoms with E-state index in [-0.39, 0.29) is 17.2 Å². The summed E-state index contributed by atoms with van der Waals surface area (Å²) in [6.45, 7) is 10.4. The van der Waals surface area contributed by atoms with Crippen molar-refractivity contribution in [3.63, 3.8) is 0 Å². The summed E-state index contributed by atoms with van der Waals surface area (Å²) in [4.78, 5) is 0. The fourth-order valence-corrected chi connectivity index (χ4v) is 3.18. The van der Waals surface area contributed by atoms with Crippen molar-refractivity contribution in [1.29, 1.82) is 0 Å². The Labute approximate surface area is 121 Å². The van der Waals surface area contributed by atoms with Crippen LogP contribution < -0.4 is 10.1 Å². The summed E-state index contributed by atoms with van der Waals surface area (Å²) in [7, 11) is 0. The van der Waals surface area contributed by atoms with Crippen molar-refractivity contribution >= 4 is 0 Å². The van der Waals surface area contributed by atoms with Crippen LogP contribution in [-0.2, 0) is 17.7 Å². The summed E-state index contributed by atoms with van der Waals surface area (Å²) in [5.74, 6) is 1.08. The molecule has 0 aliphatic carbocycles. The Morgan fingerprint density at radius 3 is 2.80 bits per heavy atom. The van der Waals surface area contributed by atoms with Crippen molar-refractivity contribution in [3.05, 3.63) is 29.3 Å². The highest BCUT2D eigenvalue weighted by Crippen LogP contribution is 2.38. The van der Waals surface area contributed by atoms with Crippen molar-refractivity contribution in [2.45, 2.75) is 64.3 Å². The number of fused-ring (bicyclic) bond motifs is 1. The van der Waals surface area contributed by atoms with Gasteiger partial charge in [0.05, 0.1) is 6.10 Å². The lowest BCUT2D eigenvalue weighted by Gasteiger charge is -2.29. The monoisotopic (exact) mass is 275 g/mol. The van der Waals surface area contributed by atoms with Crippen LogP contribution in [0.4, 0.5) is 0 Å². The summed E-state index contributed by atoms with van der Waals surface area (Å²) >= 11 is 0. The molecule has 1 aromatic rings. The van der Waals surface area contributed by atoms with Gasteiger partial charge in [0, 0.05) is 30.7 Å². The Morgan fingerprint density at radius 2 is 2.10 bits per heavy atom. The minimum Gasteiger partial charge on any atom is -0.487 e. The van der Waals surface area contributed by atoms with Crippen molar-refractivity contribution < 1.29 is 9.47 Å². The minimum absolute atomic E-state index is 0.0663. The van der Waals surface area contributed by atoms with Gasteiger partial charge in [0.15, 0.2) is 0 Å². The maximum absolute atomic E-state index is 6.13. The van der Waals surface area contributed by atoms with Crippen molar-refractivity contribution in [1.82, 2.24) is 5.32 Å². The molecule has 2 unspecified atom stereocenters. The number of hydrogen-bond donors (Lipinski definition) is 1. The molecule has 3 rings (SSSR count). The molecule has 0 amide bonds. The van der Waals surface area contributed by atoms with Gasteiger partial charge < -0.3 is 14.8 Å². The van der Waals surface area contributed by atoms with Gasteiger partial charge in [0.2, 0.25) is 0 Å². The first-order valence-corrected chi connectivity index (χ1v) is 7.56. The molecule has 3 nitrogen and oxygen atoms in total. The minimum atomic E-state index is -0.0773. The van der Waals surface area contributed by atoms with Gasteiger partial charge in [-0.2, -0.15) is 0 Å². The molecule has 20 heavy (non-hydrogen) atoms. The van der Waals surface area contributed by atoms with Crippen LogP contribution in [0, 0.1) is 0 Å². The molecule has 2 atom stereocenters. The maximum Gasteiger partial charge on any atom is 0.127 e. The molecule has 1 aromatic carbocycles. The molecule has 2 heterocycles. The molecule has 0 bridgehead atoms. The van der Waals surface area contributed by atoms with E-state index in [4.69, 9.17) is 9.47 Å². The average molecular weight is 275 g/mol. The zero-order valence-corrected chi connectivity index (χ0v) is 13.0. The van der Waals surface area contributed by atoms with Gasteiger partial charge >= 0.3 is 0 Å². The molecule has 1 saturated heterocycles. The number of hydrogen-bond acceptors (Lipinski definition) is 3. The molecule has 1 N–H and O–H groups in total. The number of rotatable bonds is 3. The highest BCUT2D eigenvalue weighted by molar-refractivity contribution is 5.45. The van der Waals surface area contributed by atoms with Crippen LogP contribution in [0.25, 0.3) is 0 Å². The topological polar surface area (TPSA) is 30.5 Å². The van der Waals surface area contributed by atoms with Gasteiger partial charge in [-0.1, -0.05) is 18.2 Å². The van der Waals surface area contributed by atoms with Crippen molar-refractivity contribution in [2.24, 2.45) is 0 Å². The maximum atomic E-state index is 6.13. The number of benzene rings is 1. The Balaban J connectivity index is 1.75. The van der Waals surface area contributed by atoms with E-state index >= 15 is 0 Å². The lowest BCUT2D eigenvalue weighted by molar-refractivity contribution is 0.0877. The summed E-state index contributed by atoms with van der Waals surface area (Å²) in [6.07, 6.45) is 2.32. The van der Waals surface area contributed by atoms with Crippen molar-refractivity contribution in [3.8, 4) is 5.75 Å². The fourth-order valence-electron chi connectivity index (χ4n) is 3.18. The van der Waals surface area contributed by atoms with E-state index in [2.05, 4.69) is 51.2 Å². The van der Waals surface area contributed by atoms with E-state index in [1.807, 2.05) is 0 Å². The summed E-state index contributed by atoms with van der Waals surface area (Å²) in [5, 5.41) is 3.68. The first kappa shape index (κ1) is 13.9. The van der Waals surface area contributed by atoms with Crippen LogP contribution in [0.3, 0.4) is 0 Å². The SMILES string of the molecule is CC1OCCC1(C)NCc1cccc2c1OC(C)(C)C2. The van der Waals surface area contributed by atoms with E-state index in [0.29, 0.717) is 0 Å². The highest BCUT2D eigenvalue weighted by atomic mass is 16.5. The van der Waals surface area contributed by atoms with Crippen LogP contribution in [-0.4, -0.2) is 23.9 Å². The molecule has 0 saturated carbocycles. The second kappa shape index (κ2) is 4.74. The van der Waals surface area contributed by atoms with E-state index in [1.165, 1.54) is 11.1 Å². The number of para-hydroxylation sites is 1. The predicted octanol–water partition coefficient (Wildman–Crippen LogP) is 3.06. The summed E-state index contributed by atoms with van der Waals surface area (Å²) < 4.78 is 11.8. The van der Waals surface area contributed by atoms with Gasteiger partial charge in [0.1, 0.15) is 11.4 Å². The standard InChI is InChI=1S/C17H25NO2/c1-12-17(4,8-9-19-12)18-11-14-7-5-6-13-10-16(2,3)20-15(13)14/h5-7,12,18H,8-11H2,1-4H3. The van der Waals surface area contributed by atoms with Gasteiger partial charge in [-0.3, -0.25) is 0 Å². The Morgan fingerprint density at radius 1 is 1.30 bits per heavy atom. The lowest BCUT2D eigenvalue weighted by Crippen LogP contribution is -2.47. The zero-order valence-electron chi connectivity index (χ0n) is 13.0. The molecule has 2 aliphatic heterocycles.